The summed E-state index contributed by atoms with van der Waals surface area (Å²) in [6, 6.07) is 13.3. The van der Waals surface area contributed by atoms with Crippen LogP contribution < -0.4 is 10.2 Å². The first-order valence-electron chi connectivity index (χ1n) is 6.92. The van der Waals surface area contributed by atoms with E-state index in [9.17, 15) is 14.9 Å². The van der Waals surface area contributed by atoms with Gasteiger partial charge in [-0.3, -0.25) is 14.9 Å². The summed E-state index contributed by atoms with van der Waals surface area (Å²) in [6.45, 7) is 1.38. The SMILES string of the molecule is C/C(=N/NC(=O)COc1ccccc1[N+](=O)[O-])c1ccc(Br)cc1. The van der Waals surface area contributed by atoms with Gasteiger partial charge in [-0.2, -0.15) is 5.10 Å². The van der Waals surface area contributed by atoms with Gasteiger partial charge in [-0.1, -0.05) is 40.2 Å². The second-order valence-electron chi connectivity index (χ2n) is 4.75. The lowest BCUT2D eigenvalue weighted by Crippen LogP contribution is -2.25. The summed E-state index contributed by atoms with van der Waals surface area (Å²) in [6.07, 6.45) is 0. The molecule has 0 aliphatic rings. The van der Waals surface area contributed by atoms with Crippen LogP contribution in [0.3, 0.4) is 0 Å². The van der Waals surface area contributed by atoms with Crippen molar-refractivity contribution in [3.05, 3.63) is 68.7 Å². The Hall–Kier alpha value is -2.74. The van der Waals surface area contributed by atoms with Crippen LogP contribution in [0.15, 0.2) is 58.1 Å². The second kappa shape index (κ2) is 8.21. The number of hydrogen-bond donors (Lipinski definition) is 1. The highest BCUT2D eigenvalue weighted by Gasteiger charge is 2.14. The number of para-hydroxylation sites is 2. The summed E-state index contributed by atoms with van der Waals surface area (Å²) in [5.41, 5.74) is 3.65. The Labute approximate surface area is 146 Å². The second-order valence-corrected chi connectivity index (χ2v) is 5.67. The highest BCUT2D eigenvalue weighted by molar-refractivity contribution is 9.10. The topological polar surface area (TPSA) is 93.8 Å². The van der Waals surface area contributed by atoms with Crippen molar-refractivity contribution in [1.82, 2.24) is 5.43 Å². The van der Waals surface area contributed by atoms with Gasteiger partial charge < -0.3 is 4.74 Å². The highest BCUT2D eigenvalue weighted by Crippen LogP contribution is 2.25. The number of benzene rings is 2. The van der Waals surface area contributed by atoms with Crippen molar-refractivity contribution < 1.29 is 14.5 Å². The summed E-state index contributed by atoms with van der Waals surface area (Å²) in [5, 5.41) is 14.8. The van der Waals surface area contributed by atoms with E-state index in [-0.39, 0.29) is 18.0 Å². The number of carbonyl (C=O) groups excluding carboxylic acids is 1. The van der Waals surface area contributed by atoms with Gasteiger partial charge in [0, 0.05) is 10.5 Å². The van der Waals surface area contributed by atoms with E-state index in [4.69, 9.17) is 4.74 Å². The molecule has 0 aliphatic heterocycles. The lowest BCUT2D eigenvalue weighted by atomic mass is 10.1. The van der Waals surface area contributed by atoms with Gasteiger partial charge in [-0.05, 0) is 30.7 Å². The van der Waals surface area contributed by atoms with E-state index < -0.39 is 10.8 Å². The molecule has 2 aromatic rings. The van der Waals surface area contributed by atoms with Gasteiger partial charge >= 0.3 is 5.69 Å². The molecule has 0 aliphatic carbocycles. The molecular weight excluding hydrogens is 378 g/mol. The van der Waals surface area contributed by atoms with Gasteiger partial charge in [-0.25, -0.2) is 5.43 Å². The van der Waals surface area contributed by atoms with Crippen molar-refractivity contribution in [3.8, 4) is 5.75 Å². The van der Waals surface area contributed by atoms with Crippen LogP contribution in [0, 0.1) is 10.1 Å². The summed E-state index contributed by atoms with van der Waals surface area (Å²) in [4.78, 5) is 22.1. The molecule has 0 bridgehead atoms. The normalized spacial score (nSPS) is 11.0. The van der Waals surface area contributed by atoms with E-state index in [1.807, 2.05) is 24.3 Å². The molecular formula is C16H14BrN3O4. The predicted molar refractivity (Wildman–Crippen MR) is 93.1 cm³/mol. The number of hydrogen-bond acceptors (Lipinski definition) is 5. The van der Waals surface area contributed by atoms with E-state index >= 15 is 0 Å². The highest BCUT2D eigenvalue weighted by atomic mass is 79.9. The lowest BCUT2D eigenvalue weighted by molar-refractivity contribution is -0.385. The van der Waals surface area contributed by atoms with Crippen LogP contribution in [0.5, 0.6) is 5.75 Å². The standard InChI is InChI=1S/C16H14BrN3O4/c1-11(12-6-8-13(17)9-7-12)18-19-16(21)10-24-15-5-3-2-4-14(15)20(22)23/h2-9H,10H2,1H3,(H,19,21)/b18-11-. The monoisotopic (exact) mass is 391 g/mol. The fraction of sp³-hybridized carbons (Fsp3) is 0.125. The maximum atomic E-state index is 11.8. The third-order valence-electron chi connectivity index (χ3n) is 3.03. The van der Waals surface area contributed by atoms with Gasteiger partial charge in [0.15, 0.2) is 12.4 Å². The number of amides is 1. The Kier molecular flexibility index (Phi) is 6.02. The average Bonchev–Trinajstić information content (AvgIpc) is 2.58. The quantitative estimate of drug-likeness (QED) is 0.464. The number of halogens is 1. The molecule has 7 nitrogen and oxygen atoms in total. The molecule has 2 rings (SSSR count). The zero-order valence-corrected chi connectivity index (χ0v) is 14.3. The largest absolute Gasteiger partial charge is 0.477 e. The van der Waals surface area contributed by atoms with E-state index in [1.165, 1.54) is 18.2 Å². The zero-order chi connectivity index (χ0) is 17.5. The van der Waals surface area contributed by atoms with Gasteiger partial charge in [-0.15, -0.1) is 0 Å². The van der Waals surface area contributed by atoms with Crippen LogP contribution >= 0.6 is 15.9 Å². The first-order valence-corrected chi connectivity index (χ1v) is 7.72. The summed E-state index contributed by atoms with van der Waals surface area (Å²) in [5.74, 6) is -0.476. The van der Waals surface area contributed by atoms with Gasteiger partial charge in [0.2, 0.25) is 0 Å². The molecule has 0 saturated carbocycles. The number of carbonyl (C=O) groups is 1. The van der Waals surface area contributed by atoms with E-state index in [0.29, 0.717) is 5.71 Å². The molecule has 8 heteroatoms. The fourth-order valence-corrected chi connectivity index (χ4v) is 2.07. The molecule has 0 radical (unpaired) electrons. The Bertz CT molecular complexity index is 775. The zero-order valence-electron chi connectivity index (χ0n) is 12.7. The van der Waals surface area contributed by atoms with Crippen molar-refractivity contribution >= 4 is 33.2 Å². The molecule has 1 N–H and O–H groups in total. The lowest BCUT2D eigenvalue weighted by Gasteiger charge is -2.06. The average molecular weight is 392 g/mol. The van der Waals surface area contributed by atoms with Crippen molar-refractivity contribution in [1.29, 1.82) is 0 Å². The fourth-order valence-electron chi connectivity index (χ4n) is 1.81. The van der Waals surface area contributed by atoms with E-state index in [2.05, 4.69) is 26.5 Å². The summed E-state index contributed by atoms with van der Waals surface area (Å²) in [7, 11) is 0. The number of hydrazone groups is 1. The van der Waals surface area contributed by atoms with E-state index in [1.54, 1.807) is 13.0 Å². The van der Waals surface area contributed by atoms with Gasteiger partial charge in [0.25, 0.3) is 5.91 Å². The minimum absolute atomic E-state index is 0.0336. The molecule has 0 spiro atoms. The summed E-state index contributed by atoms with van der Waals surface area (Å²) >= 11 is 3.34. The Morgan fingerprint density at radius 1 is 1.25 bits per heavy atom. The molecule has 2 aromatic carbocycles. The minimum Gasteiger partial charge on any atom is -0.477 e. The Morgan fingerprint density at radius 3 is 2.58 bits per heavy atom. The number of ether oxygens (including phenoxy) is 1. The molecule has 124 valence electrons. The first-order chi connectivity index (χ1) is 11.5. The van der Waals surface area contributed by atoms with Crippen LogP contribution in [0.4, 0.5) is 5.69 Å². The van der Waals surface area contributed by atoms with Crippen molar-refractivity contribution in [2.75, 3.05) is 6.61 Å². The maximum absolute atomic E-state index is 11.8. The maximum Gasteiger partial charge on any atom is 0.310 e. The number of rotatable bonds is 6. The first kappa shape index (κ1) is 17.6. The predicted octanol–water partition coefficient (Wildman–Crippen LogP) is 3.28. The molecule has 24 heavy (non-hydrogen) atoms. The minimum atomic E-state index is -0.566. The Balaban J connectivity index is 1.93. The molecule has 0 atom stereocenters. The molecule has 1 amide bonds. The van der Waals surface area contributed by atoms with Crippen LogP contribution in [0.2, 0.25) is 0 Å². The smallest absolute Gasteiger partial charge is 0.310 e. The third kappa shape index (κ3) is 4.88. The van der Waals surface area contributed by atoms with Gasteiger partial charge in [0.05, 0.1) is 10.6 Å². The van der Waals surface area contributed by atoms with E-state index in [0.717, 1.165) is 10.0 Å². The Morgan fingerprint density at radius 2 is 1.92 bits per heavy atom. The molecule has 0 fully saturated rings. The number of nitro benzene ring substituents is 1. The third-order valence-corrected chi connectivity index (χ3v) is 3.56. The van der Waals surface area contributed by atoms with Crippen molar-refractivity contribution in [3.63, 3.8) is 0 Å². The van der Waals surface area contributed by atoms with Crippen LogP contribution in [0.25, 0.3) is 0 Å². The number of nitrogens with one attached hydrogen (secondary N) is 1. The number of nitrogens with zero attached hydrogens (tertiary/aromatic N) is 2. The molecule has 0 heterocycles. The van der Waals surface area contributed by atoms with Crippen molar-refractivity contribution in [2.45, 2.75) is 6.92 Å². The molecule has 0 unspecified atom stereocenters. The van der Waals surface area contributed by atoms with Crippen molar-refractivity contribution in [2.24, 2.45) is 5.10 Å². The number of nitro groups is 1. The van der Waals surface area contributed by atoms with Crippen LogP contribution in [0.1, 0.15) is 12.5 Å². The molecule has 0 saturated heterocycles. The summed E-state index contributed by atoms with van der Waals surface area (Å²) < 4.78 is 6.13. The van der Waals surface area contributed by atoms with Crippen LogP contribution in [-0.2, 0) is 4.79 Å². The molecule has 0 aromatic heterocycles. The van der Waals surface area contributed by atoms with Gasteiger partial charge in [0.1, 0.15) is 0 Å². The van der Waals surface area contributed by atoms with Crippen LogP contribution in [-0.4, -0.2) is 23.1 Å².